The molecule has 0 aliphatic carbocycles. The van der Waals surface area contributed by atoms with Crippen LogP contribution >= 0.6 is 0 Å². The van der Waals surface area contributed by atoms with Gasteiger partial charge in [0.05, 0.1) is 12.5 Å². The molecule has 0 aromatic heterocycles. The zero-order valence-corrected chi connectivity index (χ0v) is 15.6. The van der Waals surface area contributed by atoms with Gasteiger partial charge in [0.25, 0.3) is 0 Å². The fourth-order valence-corrected chi connectivity index (χ4v) is 3.56. The van der Waals surface area contributed by atoms with Crippen molar-refractivity contribution in [3.05, 3.63) is 66.0 Å². The molecule has 1 fully saturated rings. The highest BCUT2D eigenvalue weighted by atomic mass is 19.1. The topological polar surface area (TPSA) is 87.5 Å². The van der Waals surface area contributed by atoms with E-state index in [1.807, 2.05) is 18.2 Å². The monoisotopic (exact) mass is 384 g/mol. The molecule has 2 aromatic rings. The van der Waals surface area contributed by atoms with Gasteiger partial charge in [-0.1, -0.05) is 36.4 Å². The fraction of sp³-hybridized carbons (Fsp3) is 0.333. The Hall–Kier alpha value is -3.09. The van der Waals surface area contributed by atoms with E-state index in [9.17, 15) is 14.0 Å². The van der Waals surface area contributed by atoms with Crippen molar-refractivity contribution in [2.75, 3.05) is 24.5 Å². The van der Waals surface area contributed by atoms with E-state index in [0.29, 0.717) is 12.5 Å². The van der Waals surface area contributed by atoms with Crippen molar-refractivity contribution in [3.63, 3.8) is 0 Å². The van der Waals surface area contributed by atoms with Crippen molar-refractivity contribution < 1.29 is 14.0 Å². The van der Waals surface area contributed by atoms with Crippen LogP contribution in [0.25, 0.3) is 0 Å². The van der Waals surface area contributed by atoms with Crippen LogP contribution in [0.5, 0.6) is 0 Å². The van der Waals surface area contributed by atoms with Crippen molar-refractivity contribution >= 4 is 17.6 Å². The molecule has 3 amide bonds. The normalized spacial score (nSPS) is 17.2. The Kier molecular flexibility index (Phi) is 6.47. The minimum Gasteiger partial charge on any atom is -0.371 e. The number of halogens is 1. The summed E-state index contributed by atoms with van der Waals surface area (Å²) in [5.41, 5.74) is 6.62. The summed E-state index contributed by atoms with van der Waals surface area (Å²) in [6.07, 6.45) is 0.921. The third-order valence-electron chi connectivity index (χ3n) is 4.98. The third-order valence-corrected chi connectivity index (χ3v) is 4.98. The van der Waals surface area contributed by atoms with E-state index in [1.54, 1.807) is 12.1 Å². The number of primary amides is 1. The van der Waals surface area contributed by atoms with Gasteiger partial charge >= 0.3 is 6.03 Å². The summed E-state index contributed by atoms with van der Waals surface area (Å²) in [6.45, 7) is 2.37. The van der Waals surface area contributed by atoms with Crippen LogP contribution < -0.4 is 21.3 Å². The fourth-order valence-electron chi connectivity index (χ4n) is 3.56. The average Bonchev–Trinajstić information content (AvgIpc) is 3.16. The largest absolute Gasteiger partial charge is 0.371 e. The Balaban J connectivity index is 1.52. The number of amides is 3. The first-order valence-electron chi connectivity index (χ1n) is 9.40. The summed E-state index contributed by atoms with van der Waals surface area (Å²) in [6, 6.07) is 14.6. The second kappa shape index (κ2) is 9.21. The van der Waals surface area contributed by atoms with Crippen molar-refractivity contribution in [2.24, 2.45) is 11.7 Å². The molecule has 0 spiro atoms. The number of carbonyl (C=O) groups is 2. The summed E-state index contributed by atoms with van der Waals surface area (Å²) in [7, 11) is 0. The van der Waals surface area contributed by atoms with Gasteiger partial charge in [0.1, 0.15) is 5.82 Å². The second-order valence-corrected chi connectivity index (χ2v) is 7.03. The van der Waals surface area contributed by atoms with Crippen molar-refractivity contribution in [2.45, 2.75) is 18.9 Å². The molecule has 28 heavy (non-hydrogen) atoms. The molecule has 1 saturated heterocycles. The highest BCUT2D eigenvalue weighted by Crippen LogP contribution is 2.23. The lowest BCUT2D eigenvalue weighted by Gasteiger charge is -2.20. The lowest BCUT2D eigenvalue weighted by molar-refractivity contribution is -0.121. The zero-order valence-electron chi connectivity index (χ0n) is 15.6. The van der Waals surface area contributed by atoms with Crippen LogP contribution in [0.15, 0.2) is 54.6 Å². The molecule has 0 saturated carbocycles. The molecule has 7 heteroatoms. The molecule has 0 unspecified atom stereocenters. The van der Waals surface area contributed by atoms with Gasteiger partial charge in [-0.2, -0.15) is 0 Å². The predicted octanol–water partition coefficient (Wildman–Crippen LogP) is 2.57. The first-order valence-corrected chi connectivity index (χ1v) is 9.40. The van der Waals surface area contributed by atoms with Gasteiger partial charge in [-0.05, 0) is 30.5 Å². The van der Waals surface area contributed by atoms with E-state index < -0.39 is 17.9 Å². The van der Waals surface area contributed by atoms with Crippen molar-refractivity contribution in [1.29, 1.82) is 0 Å². The molecule has 0 radical (unpaired) electrons. The SMILES string of the molecule is NC(=O)N[C@@H](CC(=O)NC[C@H]1CCN(c2ccccc2)C1)c1ccccc1F. The Bertz CT molecular complexity index is 815. The summed E-state index contributed by atoms with van der Waals surface area (Å²) in [4.78, 5) is 26.0. The maximum absolute atomic E-state index is 14.0. The second-order valence-electron chi connectivity index (χ2n) is 7.03. The quantitative estimate of drug-likeness (QED) is 0.686. The predicted molar refractivity (Wildman–Crippen MR) is 106 cm³/mol. The van der Waals surface area contributed by atoms with Gasteiger partial charge in [-0.15, -0.1) is 0 Å². The molecule has 1 heterocycles. The molecule has 1 aliphatic heterocycles. The maximum Gasteiger partial charge on any atom is 0.312 e. The molecule has 4 N–H and O–H groups in total. The molecule has 148 valence electrons. The molecular formula is C21H25FN4O2. The number of para-hydroxylation sites is 1. The van der Waals surface area contributed by atoms with Gasteiger partial charge in [0.2, 0.25) is 5.91 Å². The molecule has 6 nitrogen and oxygen atoms in total. The van der Waals surface area contributed by atoms with E-state index in [2.05, 4.69) is 27.7 Å². The summed E-state index contributed by atoms with van der Waals surface area (Å²) < 4.78 is 14.0. The Labute approximate surface area is 163 Å². The number of hydrogen-bond acceptors (Lipinski definition) is 3. The molecular weight excluding hydrogens is 359 g/mol. The smallest absolute Gasteiger partial charge is 0.312 e. The number of nitrogens with one attached hydrogen (secondary N) is 2. The van der Waals surface area contributed by atoms with Crippen LogP contribution in [0.3, 0.4) is 0 Å². The number of nitrogens with zero attached hydrogens (tertiary/aromatic N) is 1. The van der Waals surface area contributed by atoms with E-state index in [-0.39, 0.29) is 17.9 Å². The lowest BCUT2D eigenvalue weighted by Crippen LogP contribution is -2.38. The van der Waals surface area contributed by atoms with E-state index in [0.717, 1.165) is 19.5 Å². The summed E-state index contributed by atoms with van der Waals surface area (Å²) >= 11 is 0. The molecule has 3 rings (SSSR count). The van der Waals surface area contributed by atoms with E-state index in [1.165, 1.54) is 17.8 Å². The van der Waals surface area contributed by atoms with Gasteiger partial charge in [0, 0.05) is 30.9 Å². The highest BCUT2D eigenvalue weighted by Gasteiger charge is 2.24. The van der Waals surface area contributed by atoms with Crippen LogP contribution in [-0.4, -0.2) is 31.6 Å². The van der Waals surface area contributed by atoms with Crippen LogP contribution in [0.1, 0.15) is 24.4 Å². The van der Waals surface area contributed by atoms with E-state index >= 15 is 0 Å². The summed E-state index contributed by atoms with van der Waals surface area (Å²) in [5, 5.41) is 5.36. The number of urea groups is 1. The van der Waals surface area contributed by atoms with Gasteiger partial charge in [-0.25, -0.2) is 9.18 Å². The number of hydrogen-bond donors (Lipinski definition) is 3. The van der Waals surface area contributed by atoms with Crippen molar-refractivity contribution in [3.8, 4) is 0 Å². The number of carbonyl (C=O) groups excluding carboxylic acids is 2. The number of rotatable bonds is 7. The Morgan fingerprint density at radius 2 is 1.86 bits per heavy atom. The summed E-state index contributed by atoms with van der Waals surface area (Å²) in [5.74, 6) is -0.385. The minimum absolute atomic E-state index is 0.0704. The highest BCUT2D eigenvalue weighted by molar-refractivity contribution is 5.78. The number of anilines is 1. The Morgan fingerprint density at radius 3 is 2.57 bits per heavy atom. The lowest BCUT2D eigenvalue weighted by atomic mass is 10.0. The van der Waals surface area contributed by atoms with Crippen LogP contribution in [0, 0.1) is 11.7 Å². The Morgan fingerprint density at radius 1 is 1.14 bits per heavy atom. The van der Waals surface area contributed by atoms with Gasteiger partial charge in [0.15, 0.2) is 0 Å². The molecule has 2 atom stereocenters. The van der Waals surface area contributed by atoms with Crippen LogP contribution in [0.2, 0.25) is 0 Å². The maximum atomic E-state index is 14.0. The standard InChI is InChI=1S/C21H25FN4O2/c22-18-9-5-4-8-17(18)19(25-21(23)28)12-20(27)24-13-15-10-11-26(14-15)16-6-2-1-3-7-16/h1-9,15,19H,10-14H2,(H,24,27)(H3,23,25,28)/t15-,19+/m1/s1. The first kappa shape index (κ1) is 19.7. The van der Waals surface area contributed by atoms with E-state index in [4.69, 9.17) is 5.73 Å². The zero-order chi connectivity index (χ0) is 19.9. The first-order chi connectivity index (χ1) is 13.5. The molecule has 0 bridgehead atoms. The minimum atomic E-state index is -0.803. The van der Waals surface area contributed by atoms with Crippen LogP contribution in [-0.2, 0) is 4.79 Å². The van der Waals surface area contributed by atoms with Gasteiger partial charge in [-0.3, -0.25) is 4.79 Å². The average molecular weight is 384 g/mol. The van der Waals surface area contributed by atoms with Crippen LogP contribution in [0.4, 0.5) is 14.9 Å². The molecule has 2 aromatic carbocycles. The van der Waals surface area contributed by atoms with Gasteiger partial charge < -0.3 is 21.3 Å². The van der Waals surface area contributed by atoms with Crippen molar-refractivity contribution in [1.82, 2.24) is 10.6 Å². The molecule has 1 aliphatic rings. The number of nitrogens with two attached hydrogens (primary N) is 1. The number of benzene rings is 2. The third kappa shape index (κ3) is 5.22.